The van der Waals surface area contributed by atoms with Crippen molar-refractivity contribution in [1.82, 2.24) is 10.2 Å². The first kappa shape index (κ1) is 28.5. The Balaban J connectivity index is 2.02. The predicted octanol–water partition coefficient (Wildman–Crippen LogP) is 4.82. The van der Waals surface area contributed by atoms with Crippen LogP contribution in [0.25, 0.3) is 0 Å². The van der Waals surface area contributed by atoms with Crippen LogP contribution in [0.4, 0.5) is 10.5 Å². The molecule has 0 bridgehead atoms. The molecule has 0 radical (unpaired) electrons. The Hall–Kier alpha value is -3.10. The van der Waals surface area contributed by atoms with Crippen LogP contribution in [0.5, 0.6) is 0 Å². The maximum Gasteiger partial charge on any atom is 0.408 e. The Morgan fingerprint density at radius 2 is 1.73 bits per heavy atom. The van der Waals surface area contributed by atoms with Crippen LogP contribution in [0, 0.1) is 20.8 Å². The number of aryl methyl sites for hydroxylation is 3. The van der Waals surface area contributed by atoms with Gasteiger partial charge in [-0.15, -0.1) is 0 Å². The summed E-state index contributed by atoms with van der Waals surface area (Å²) in [6.45, 7) is 10.2. The summed E-state index contributed by atoms with van der Waals surface area (Å²) >= 11 is 6.38. The fraction of sp³-hybridized carbons (Fsp3) is 0.464. The van der Waals surface area contributed by atoms with E-state index in [1.807, 2.05) is 45.0 Å². The Labute approximate surface area is 223 Å². The van der Waals surface area contributed by atoms with Crippen molar-refractivity contribution in [2.45, 2.75) is 78.1 Å². The van der Waals surface area contributed by atoms with E-state index in [0.717, 1.165) is 16.7 Å². The lowest BCUT2D eigenvalue weighted by Crippen LogP contribution is -2.54. The van der Waals surface area contributed by atoms with E-state index in [1.165, 1.54) is 4.90 Å². The molecule has 0 spiro atoms. The molecule has 200 valence electrons. The highest BCUT2D eigenvalue weighted by molar-refractivity contribution is 6.34. The average molecular weight is 530 g/mol. The summed E-state index contributed by atoms with van der Waals surface area (Å²) in [7, 11) is 0. The fourth-order valence-electron chi connectivity index (χ4n) is 4.27. The molecule has 0 saturated heterocycles. The molecule has 9 heteroatoms. The SMILES string of the molecule is Cc1cc(C)cc(C(C(=O)Nc2c(C)cccc2Cl)N(C(=O)C(CO)NC(=O)OC(C)(C)C)C2CC2)c1. The zero-order chi connectivity index (χ0) is 27.5. The van der Waals surface area contributed by atoms with Gasteiger partial charge in [0, 0.05) is 6.04 Å². The highest BCUT2D eigenvalue weighted by Gasteiger charge is 2.44. The van der Waals surface area contributed by atoms with Crippen LogP contribution in [-0.2, 0) is 14.3 Å². The van der Waals surface area contributed by atoms with Gasteiger partial charge in [-0.1, -0.05) is 53.1 Å². The number of nitrogens with one attached hydrogen (secondary N) is 2. The van der Waals surface area contributed by atoms with E-state index in [2.05, 4.69) is 10.6 Å². The van der Waals surface area contributed by atoms with Crippen molar-refractivity contribution >= 4 is 35.2 Å². The number of aliphatic hydroxyl groups excluding tert-OH is 1. The number of hydrogen-bond acceptors (Lipinski definition) is 5. The normalized spacial score (nSPS) is 14.9. The number of para-hydroxylation sites is 1. The third kappa shape index (κ3) is 7.46. The highest BCUT2D eigenvalue weighted by Crippen LogP contribution is 2.37. The first-order valence-corrected chi connectivity index (χ1v) is 12.7. The summed E-state index contributed by atoms with van der Waals surface area (Å²) in [4.78, 5) is 41.6. The van der Waals surface area contributed by atoms with Crippen molar-refractivity contribution in [2.75, 3.05) is 11.9 Å². The number of carbonyl (C=O) groups excluding carboxylic acids is 3. The molecule has 0 heterocycles. The van der Waals surface area contributed by atoms with Gasteiger partial charge in [0.1, 0.15) is 17.7 Å². The van der Waals surface area contributed by atoms with E-state index in [4.69, 9.17) is 16.3 Å². The standard InChI is InChI=1S/C28H36ClN3O5/c1-16-12-17(2)14-19(13-16)24(25(34)31-23-18(3)8-7-9-21(23)29)32(20-10-11-20)26(35)22(15-33)30-27(36)37-28(4,5)6/h7-9,12-14,20,22,24,33H,10-11,15H2,1-6H3,(H,30,36)(H,31,34). The first-order chi connectivity index (χ1) is 17.3. The number of aliphatic hydroxyl groups is 1. The number of benzene rings is 2. The van der Waals surface area contributed by atoms with Crippen molar-refractivity contribution in [3.8, 4) is 0 Å². The van der Waals surface area contributed by atoms with Crippen molar-refractivity contribution in [3.05, 3.63) is 63.7 Å². The number of halogens is 1. The quantitative estimate of drug-likeness (QED) is 0.454. The fourth-order valence-corrected chi connectivity index (χ4v) is 4.54. The smallest absolute Gasteiger partial charge is 0.408 e. The van der Waals surface area contributed by atoms with Crippen LogP contribution in [-0.4, -0.2) is 52.2 Å². The van der Waals surface area contributed by atoms with Crippen molar-refractivity contribution < 1.29 is 24.2 Å². The number of carbonyl (C=O) groups is 3. The summed E-state index contributed by atoms with van der Waals surface area (Å²) in [5.41, 5.74) is 2.99. The molecule has 37 heavy (non-hydrogen) atoms. The van der Waals surface area contributed by atoms with Crippen molar-refractivity contribution in [1.29, 1.82) is 0 Å². The minimum atomic E-state index is -1.28. The zero-order valence-corrected chi connectivity index (χ0v) is 23.0. The molecule has 2 unspecified atom stereocenters. The lowest BCUT2D eigenvalue weighted by Gasteiger charge is -2.34. The van der Waals surface area contributed by atoms with Gasteiger partial charge in [-0.3, -0.25) is 9.59 Å². The highest BCUT2D eigenvalue weighted by atomic mass is 35.5. The largest absolute Gasteiger partial charge is 0.444 e. The number of ether oxygens (including phenoxy) is 1. The lowest BCUT2D eigenvalue weighted by atomic mass is 9.98. The molecular formula is C28H36ClN3O5. The van der Waals surface area contributed by atoms with Gasteiger partial charge in [-0.25, -0.2) is 4.79 Å². The maximum absolute atomic E-state index is 13.9. The topological polar surface area (TPSA) is 108 Å². The van der Waals surface area contributed by atoms with Crippen LogP contribution in [0.15, 0.2) is 36.4 Å². The predicted molar refractivity (Wildman–Crippen MR) is 144 cm³/mol. The number of amides is 3. The summed E-state index contributed by atoms with van der Waals surface area (Å²) in [6, 6.07) is 8.54. The summed E-state index contributed by atoms with van der Waals surface area (Å²) in [6.07, 6.45) is 0.584. The Kier molecular flexibility index (Phi) is 8.87. The molecule has 1 aliphatic carbocycles. The number of anilines is 1. The van der Waals surface area contributed by atoms with Crippen molar-refractivity contribution in [2.24, 2.45) is 0 Å². The average Bonchev–Trinajstić information content (AvgIpc) is 3.61. The molecule has 1 saturated carbocycles. The van der Waals surface area contributed by atoms with Crippen molar-refractivity contribution in [3.63, 3.8) is 0 Å². The van der Waals surface area contributed by atoms with Crippen LogP contribution in [0.2, 0.25) is 5.02 Å². The van der Waals surface area contributed by atoms with Gasteiger partial charge >= 0.3 is 6.09 Å². The lowest BCUT2D eigenvalue weighted by molar-refractivity contribution is -0.142. The number of hydrogen-bond donors (Lipinski definition) is 3. The number of rotatable bonds is 8. The maximum atomic E-state index is 13.9. The van der Waals surface area contributed by atoms with Crippen LogP contribution >= 0.6 is 11.6 Å². The van der Waals surface area contributed by atoms with E-state index < -0.39 is 42.2 Å². The Morgan fingerprint density at radius 3 is 2.24 bits per heavy atom. The van der Waals surface area contributed by atoms with Crippen LogP contribution in [0.1, 0.15) is 61.9 Å². The van der Waals surface area contributed by atoms with Gasteiger partial charge in [0.25, 0.3) is 5.91 Å². The minimum absolute atomic E-state index is 0.217. The molecule has 2 atom stereocenters. The van der Waals surface area contributed by atoms with Gasteiger partial charge < -0.3 is 25.4 Å². The molecule has 1 aliphatic rings. The molecule has 3 rings (SSSR count). The molecule has 2 aromatic rings. The third-order valence-corrected chi connectivity index (χ3v) is 6.24. The summed E-state index contributed by atoms with van der Waals surface area (Å²) in [5.74, 6) is -0.999. The monoisotopic (exact) mass is 529 g/mol. The van der Waals surface area contributed by atoms with E-state index in [1.54, 1.807) is 32.9 Å². The summed E-state index contributed by atoms with van der Waals surface area (Å²) in [5, 5.41) is 15.8. The number of alkyl carbamates (subject to hydrolysis) is 1. The molecule has 2 aromatic carbocycles. The van der Waals surface area contributed by atoms with Crippen LogP contribution < -0.4 is 10.6 Å². The first-order valence-electron chi connectivity index (χ1n) is 12.4. The van der Waals surface area contributed by atoms with E-state index >= 15 is 0 Å². The second kappa shape index (κ2) is 11.5. The molecular weight excluding hydrogens is 494 g/mol. The van der Waals surface area contributed by atoms with Gasteiger partial charge in [0.15, 0.2) is 0 Å². The molecule has 0 aromatic heterocycles. The Bertz CT molecular complexity index is 1130. The minimum Gasteiger partial charge on any atom is -0.444 e. The van der Waals surface area contributed by atoms with Crippen LogP contribution in [0.3, 0.4) is 0 Å². The summed E-state index contributed by atoms with van der Waals surface area (Å²) < 4.78 is 5.28. The van der Waals surface area contributed by atoms with E-state index in [0.29, 0.717) is 29.1 Å². The second-order valence-corrected chi connectivity index (χ2v) is 11.0. The zero-order valence-electron chi connectivity index (χ0n) is 22.2. The van der Waals surface area contributed by atoms with E-state index in [-0.39, 0.29) is 6.04 Å². The second-order valence-electron chi connectivity index (χ2n) is 10.6. The van der Waals surface area contributed by atoms with Gasteiger partial charge in [0.05, 0.1) is 17.3 Å². The molecule has 3 amide bonds. The number of nitrogens with zero attached hydrogens (tertiary/aromatic N) is 1. The van der Waals surface area contributed by atoms with Gasteiger partial charge in [-0.05, 0) is 71.6 Å². The van der Waals surface area contributed by atoms with E-state index in [9.17, 15) is 19.5 Å². The Morgan fingerprint density at radius 1 is 1.11 bits per heavy atom. The van der Waals surface area contributed by atoms with Gasteiger partial charge in [0.2, 0.25) is 5.91 Å². The third-order valence-electron chi connectivity index (χ3n) is 5.92. The molecule has 0 aliphatic heterocycles. The van der Waals surface area contributed by atoms with Gasteiger partial charge in [-0.2, -0.15) is 0 Å². The molecule has 3 N–H and O–H groups in total. The molecule has 8 nitrogen and oxygen atoms in total. The molecule has 1 fully saturated rings.